The Labute approximate surface area is 150 Å². The van der Waals surface area contributed by atoms with E-state index < -0.39 is 0 Å². The Morgan fingerprint density at radius 3 is 2.48 bits per heavy atom. The van der Waals surface area contributed by atoms with Crippen LogP contribution in [-0.4, -0.2) is 54.3 Å². The Kier molecular flexibility index (Phi) is 6.70. The van der Waals surface area contributed by atoms with Crippen LogP contribution in [0.15, 0.2) is 24.3 Å². The van der Waals surface area contributed by atoms with Crippen LogP contribution in [0.5, 0.6) is 5.75 Å². The van der Waals surface area contributed by atoms with Gasteiger partial charge in [0.1, 0.15) is 5.75 Å². The van der Waals surface area contributed by atoms with E-state index in [0.717, 1.165) is 57.5 Å². The summed E-state index contributed by atoms with van der Waals surface area (Å²) in [5.74, 6) is 0.831. The largest absolute Gasteiger partial charge is 0.490 e. The van der Waals surface area contributed by atoms with Gasteiger partial charge in [-0.15, -0.1) is 0 Å². The molecule has 1 aliphatic heterocycles. The molecule has 25 heavy (non-hydrogen) atoms. The highest BCUT2D eigenvalue weighted by atomic mass is 16.5. The lowest BCUT2D eigenvalue weighted by Gasteiger charge is -2.29. The number of likely N-dealkylation sites (tertiary alicyclic amines) is 1. The first kappa shape index (κ1) is 18.2. The van der Waals surface area contributed by atoms with Gasteiger partial charge in [-0.05, 0) is 75.8 Å². The number of piperidine rings is 1. The van der Waals surface area contributed by atoms with Gasteiger partial charge in [-0.3, -0.25) is 4.79 Å². The summed E-state index contributed by atoms with van der Waals surface area (Å²) in [6.45, 7) is 3.56. The Bertz CT molecular complexity index is 532. The van der Waals surface area contributed by atoms with Gasteiger partial charge < -0.3 is 20.1 Å². The molecule has 138 valence electrons. The number of benzene rings is 1. The molecule has 1 aromatic rings. The highest BCUT2D eigenvalue weighted by Gasteiger charge is 2.17. The summed E-state index contributed by atoms with van der Waals surface area (Å²) in [7, 11) is 0. The summed E-state index contributed by atoms with van der Waals surface area (Å²) < 4.78 is 5.93. The second-order valence-electron chi connectivity index (χ2n) is 7.23. The molecule has 1 aliphatic carbocycles. The molecule has 2 aliphatic rings. The van der Waals surface area contributed by atoms with Crippen molar-refractivity contribution in [3.8, 4) is 5.75 Å². The maximum atomic E-state index is 12.2. The molecule has 5 nitrogen and oxygen atoms in total. The van der Waals surface area contributed by atoms with Crippen molar-refractivity contribution in [2.24, 2.45) is 0 Å². The third-order valence-electron chi connectivity index (χ3n) is 5.22. The van der Waals surface area contributed by atoms with Crippen LogP contribution < -0.4 is 10.1 Å². The molecule has 1 saturated carbocycles. The van der Waals surface area contributed by atoms with E-state index in [1.807, 2.05) is 24.3 Å². The molecule has 5 heteroatoms. The number of nitrogens with zero attached hydrogens (tertiary/aromatic N) is 1. The molecular formula is C20H30N2O3. The van der Waals surface area contributed by atoms with Crippen LogP contribution in [0.2, 0.25) is 0 Å². The molecule has 0 unspecified atom stereocenters. The topological polar surface area (TPSA) is 61.8 Å². The van der Waals surface area contributed by atoms with Gasteiger partial charge >= 0.3 is 0 Å². The van der Waals surface area contributed by atoms with Gasteiger partial charge in [-0.2, -0.15) is 0 Å². The molecule has 2 N–H and O–H groups in total. The maximum absolute atomic E-state index is 12.2. The van der Waals surface area contributed by atoms with E-state index in [4.69, 9.17) is 4.74 Å². The minimum Gasteiger partial charge on any atom is -0.490 e. The fourth-order valence-corrected chi connectivity index (χ4v) is 3.63. The van der Waals surface area contributed by atoms with Crippen molar-refractivity contribution in [2.45, 2.75) is 57.2 Å². The number of carbonyl (C=O) groups is 1. The molecule has 0 atom stereocenters. The summed E-state index contributed by atoms with van der Waals surface area (Å²) >= 11 is 0. The monoisotopic (exact) mass is 346 g/mol. The van der Waals surface area contributed by atoms with E-state index in [0.29, 0.717) is 18.2 Å². The highest BCUT2D eigenvalue weighted by molar-refractivity contribution is 5.94. The molecule has 0 radical (unpaired) electrons. The molecule has 2 fully saturated rings. The zero-order valence-corrected chi connectivity index (χ0v) is 15.0. The van der Waals surface area contributed by atoms with E-state index in [1.165, 1.54) is 12.8 Å². The van der Waals surface area contributed by atoms with Crippen molar-refractivity contribution in [1.82, 2.24) is 10.2 Å². The molecule has 3 rings (SSSR count). The lowest BCUT2D eigenvalue weighted by Crippen LogP contribution is -2.37. The average Bonchev–Trinajstić information content (AvgIpc) is 3.14. The van der Waals surface area contributed by atoms with E-state index in [1.54, 1.807) is 0 Å². The van der Waals surface area contributed by atoms with Gasteiger partial charge in [0, 0.05) is 25.2 Å². The van der Waals surface area contributed by atoms with E-state index in [-0.39, 0.29) is 12.0 Å². The van der Waals surface area contributed by atoms with Gasteiger partial charge in [0.2, 0.25) is 0 Å². The van der Waals surface area contributed by atoms with Gasteiger partial charge in [0.25, 0.3) is 5.91 Å². The van der Waals surface area contributed by atoms with Gasteiger partial charge in [0.05, 0.1) is 12.2 Å². The van der Waals surface area contributed by atoms with Crippen molar-refractivity contribution in [1.29, 1.82) is 0 Å². The summed E-state index contributed by atoms with van der Waals surface area (Å²) in [5, 5.41) is 12.5. The van der Waals surface area contributed by atoms with Crippen molar-refractivity contribution < 1.29 is 14.6 Å². The fourth-order valence-electron chi connectivity index (χ4n) is 3.63. The van der Waals surface area contributed by atoms with E-state index >= 15 is 0 Å². The highest BCUT2D eigenvalue weighted by Crippen LogP contribution is 2.24. The Morgan fingerprint density at radius 2 is 1.80 bits per heavy atom. The number of hydrogen-bond acceptors (Lipinski definition) is 4. The maximum Gasteiger partial charge on any atom is 0.251 e. The SMILES string of the molecule is O=C(NCCCN1CCC(O)CC1)c1ccc(OC2CCCC2)cc1. The Hall–Kier alpha value is -1.59. The first-order chi connectivity index (χ1) is 12.2. The molecule has 1 amide bonds. The van der Waals surface area contributed by atoms with Crippen LogP contribution in [0, 0.1) is 0 Å². The predicted molar refractivity (Wildman–Crippen MR) is 98.0 cm³/mol. The van der Waals surface area contributed by atoms with Gasteiger partial charge in [0.15, 0.2) is 0 Å². The van der Waals surface area contributed by atoms with Crippen LogP contribution in [0.25, 0.3) is 0 Å². The van der Waals surface area contributed by atoms with Crippen LogP contribution >= 0.6 is 0 Å². The number of aliphatic hydroxyl groups is 1. The van der Waals surface area contributed by atoms with Crippen molar-refractivity contribution in [2.75, 3.05) is 26.2 Å². The van der Waals surface area contributed by atoms with E-state index in [2.05, 4.69) is 10.2 Å². The smallest absolute Gasteiger partial charge is 0.251 e. The Morgan fingerprint density at radius 1 is 1.12 bits per heavy atom. The van der Waals surface area contributed by atoms with Crippen molar-refractivity contribution in [3.63, 3.8) is 0 Å². The fraction of sp³-hybridized carbons (Fsp3) is 0.650. The number of carbonyl (C=O) groups excluding carboxylic acids is 1. The molecule has 1 heterocycles. The van der Waals surface area contributed by atoms with Crippen molar-refractivity contribution in [3.05, 3.63) is 29.8 Å². The van der Waals surface area contributed by atoms with Crippen LogP contribution in [-0.2, 0) is 0 Å². The quantitative estimate of drug-likeness (QED) is 0.745. The minimum absolute atomic E-state index is 0.0264. The summed E-state index contributed by atoms with van der Waals surface area (Å²) in [6.07, 6.45) is 7.66. The lowest BCUT2D eigenvalue weighted by atomic mass is 10.1. The van der Waals surface area contributed by atoms with Crippen LogP contribution in [0.4, 0.5) is 0 Å². The lowest BCUT2D eigenvalue weighted by molar-refractivity contribution is 0.0816. The normalized spacial score (nSPS) is 19.9. The molecule has 1 aromatic carbocycles. The summed E-state index contributed by atoms with van der Waals surface area (Å²) in [5.41, 5.74) is 0.680. The number of aliphatic hydroxyl groups excluding tert-OH is 1. The number of hydrogen-bond donors (Lipinski definition) is 2. The van der Waals surface area contributed by atoms with Gasteiger partial charge in [-0.1, -0.05) is 0 Å². The zero-order valence-electron chi connectivity index (χ0n) is 15.0. The molecular weight excluding hydrogens is 316 g/mol. The first-order valence-electron chi connectivity index (χ1n) is 9.66. The zero-order chi connectivity index (χ0) is 17.5. The molecule has 1 saturated heterocycles. The summed E-state index contributed by atoms with van der Waals surface area (Å²) in [4.78, 5) is 14.6. The number of nitrogens with one attached hydrogen (secondary N) is 1. The van der Waals surface area contributed by atoms with Crippen LogP contribution in [0.3, 0.4) is 0 Å². The second-order valence-corrected chi connectivity index (χ2v) is 7.23. The standard InChI is InChI=1S/C20H30N2O3/c23-17-10-14-22(15-11-17)13-3-12-21-20(24)16-6-8-19(9-7-16)25-18-4-1-2-5-18/h6-9,17-18,23H,1-5,10-15H2,(H,21,24). The minimum atomic E-state index is -0.128. The van der Waals surface area contributed by atoms with Crippen LogP contribution in [0.1, 0.15) is 55.3 Å². The van der Waals surface area contributed by atoms with E-state index in [9.17, 15) is 9.90 Å². The number of ether oxygens (including phenoxy) is 1. The predicted octanol–water partition coefficient (Wildman–Crippen LogP) is 2.58. The molecule has 0 aromatic heterocycles. The second kappa shape index (κ2) is 9.20. The Balaban J connectivity index is 1.34. The first-order valence-corrected chi connectivity index (χ1v) is 9.66. The van der Waals surface area contributed by atoms with Gasteiger partial charge in [-0.25, -0.2) is 0 Å². The number of rotatable bonds is 7. The third kappa shape index (κ3) is 5.72. The molecule has 0 spiro atoms. The summed E-state index contributed by atoms with van der Waals surface area (Å²) in [6, 6.07) is 7.47. The third-order valence-corrected chi connectivity index (χ3v) is 5.22. The average molecular weight is 346 g/mol. The number of amides is 1. The molecule has 0 bridgehead atoms. The van der Waals surface area contributed by atoms with Crippen molar-refractivity contribution >= 4 is 5.91 Å².